The van der Waals surface area contributed by atoms with Crippen LogP contribution in [0.5, 0.6) is 11.5 Å². The highest BCUT2D eigenvalue weighted by molar-refractivity contribution is 5.79. The van der Waals surface area contributed by atoms with Crippen molar-refractivity contribution in [1.29, 1.82) is 0 Å². The molecule has 0 aliphatic carbocycles. The van der Waals surface area contributed by atoms with E-state index in [4.69, 9.17) is 9.47 Å². The van der Waals surface area contributed by atoms with Crippen molar-refractivity contribution >= 4 is 5.96 Å². The fourth-order valence-electron chi connectivity index (χ4n) is 2.61. The molecule has 0 heterocycles. The maximum absolute atomic E-state index is 5.73. The largest absolute Gasteiger partial charge is 0.497 e. The molecule has 2 aromatic rings. The van der Waals surface area contributed by atoms with Gasteiger partial charge in [0.1, 0.15) is 11.5 Å². The molecule has 0 aliphatic rings. The summed E-state index contributed by atoms with van der Waals surface area (Å²) in [7, 11) is 3.46. The Bertz CT molecular complexity index is 712. The second-order valence-electron chi connectivity index (χ2n) is 5.99. The van der Waals surface area contributed by atoms with Gasteiger partial charge in [0.25, 0.3) is 0 Å². The maximum Gasteiger partial charge on any atom is 0.191 e. The normalized spacial score (nSPS) is 11.2. The van der Waals surface area contributed by atoms with Crippen molar-refractivity contribution in [3.63, 3.8) is 0 Å². The molecule has 0 saturated heterocycles. The fraction of sp³-hybridized carbons (Fsp3) is 0.381. The van der Waals surface area contributed by atoms with E-state index in [1.54, 1.807) is 14.2 Å². The average Bonchev–Trinajstić information content (AvgIpc) is 2.66. The minimum atomic E-state index is 0.658. The van der Waals surface area contributed by atoms with Crippen LogP contribution in [-0.2, 0) is 13.0 Å². The smallest absolute Gasteiger partial charge is 0.191 e. The molecule has 0 radical (unpaired) electrons. The van der Waals surface area contributed by atoms with Gasteiger partial charge in [-0.15, -0.1) is 0 Å². The summed E-state index contributed by atoms with van der Waals surface area (Å²) >= 11 is 0. The number of aryl methyl sites for hydroxylation is 1. The van der Waals surface area contributed by atoms with Crippen LogP contribution in [0.4, 0.5) is 0 Å². The van der Waals surface area contributed by atoms with E-state index in [-0.39, 0.29) is 0 Å². The summed E-state index contributed by atoms with van der Waals surface area (Å²) in [5, 5.41) is 6.69. The van der Waals surface area contributed by atoms with Crippen LogP contribution < -0.4 is 20.1 Å². The number of nitrogens with one attached hydrogen (secondary N) is 2. The first-order valence-corrected chi connectivity index (χ1v) is 8.96. The predicted molar refractivity (Wildman–Crippen MR) is 107 cm³/mol. The zero-order valence-corrected chi connectivity index (χ0v) is 16.1. The molecule has 0 unspecified atom stereocenters. The Morgan fingerprint density at radius 3 is 2.50 bits per heavy atom. The lowest BCUT2D eigenvalue weighted by Crippen LogP contribution is -2.37. The summed E-state index contributed by atoms with van der Waals surface area (Å²) in [6.45, 7) is 6.19. The quantitative estimate of drug-likeness (QED) is 0.563. The van der Waals surface area contributed by atoms with Gasteiger partial charge in [-0.3, -0.25) is 4.99 Å². The Hall–Kier alpha value is -2.69. The summed E-state index contributed by atoms with van der Waals surface area (Å²) in [6, 6.07) is 14.4. The molecule has 0 amide bonds. The van der Waals surface area contributed by atoms with Gasteiger partial charge in [-0.25, -0.2) is 0 Å². The monoisotopic (exact) mass is 355 g/mol. The number of methoxy groups -OCH3 is 1. The Labute approximate surface area is 156 Å². The molecule has 2 N–H and O–H groups in total. The van der Waals surface area contributed by atoms with Crippen LogP contribution in [0, 0.1) is 6.92 Å². The zero-order chi connectivity index (χ0) is 18.8. The molecule has 0 atom stereocenters. The van der Waals surface area contributed by atoms with Crippen LogP contribution in [-0.4, -0.2) is 33.3 Å². The number of aliphatic imine (C=N–C) groups is 1. The average molecular weight is 355 g/mol. The number of nitrogens with zero attached hydrogens (tertiary/aromatic N) is 1. The second-order valence-corrected chi connectivity index (χ2v) is 5.99. The molecule has 5 heteroatoms. The van der Waals surface area contributed by atoms with E-state index < -0.39 is 0 Å². The van der Waals surface area contributed by atoms with Crippen LogP contribution in [0.15, 0.2) is 47.5 Å². The highest BCUT2D eigenvalue weighted by Gasteiger charge is 2.05. The summed E-state index contributed by atoms with van der Waals surface area (Å²) in [4.78, 5) is 4.29. The minimum absolute atomic E-state index is 0.658. The van der Waals surface area contributed by atoms with E-state index >= 15 is 0 Å². The second kappa shape index (κ2) is 10.3. The van der Waals surface area contributed by atoms with E-state index in [0.717, 1.165) is 36.0 Å². The number of ether oxygens (including phenoxy) is 2. The lowest BCUT2D eigenvalue weighted by Gasteiger charge is -2.15. The van der Waals surface area contributed by atoms with Gasteiger partial charge >= 0.3 is 0 Å². The number of benzene rings is 2. The van der Waals surface area contributed by atoms with E-state index in [9.17, 15) is 0 Å². The molecule has 140 valence electrons. The molecule has 0 aromatic heterocycles. The molecular formula is C21H29N3O2. The summed E-state index contributed by atoms with van der Waals surface area (Å²) in [6.07, 6.45) is 0.916. The molecule has 0 fully saturated rings. The molecule has 5 nitrogen and oxygen atoms in total. The van der Waals surface area contributed by atoms with Gasteiger partial charge in [-0.2, -0.15) is 0 Å². The van der Waals surface area contributed by atoms with Crippen molar-refractivity contribution in [2.24, 2.45) is 4.99 Å². The van der Waals surface area contributed by atoms with Crippen molar-refractivity contribution < 1.29 is 9.47 Å². The fourth-order valence-corrected chi connectivity index (χ4v) is 2.61. The van der Waals surface area contributed by atoms with Crippen LogP contribution >= 0.6 is 0 Å². The molecule has 0 spiro atoms. The SMILES string of the molecule is CCOc1cc(C)ccc1CNC(=NC)NCCc1ccc(OC)cc1. The zero-order valence-electron chi connectivity index (χ0n) is 16.1. The summed E-state index contributed by atoms with van der Waals surface area (Å²) < 4.78 is 10.9. The van der Waals surface area contributed by atoms with Crippen molar-refractivity contribution in [1.82, 2.24) is 10.6 Å². The Morgan fingerprint density at radius 2 is 1.85 bits per heavy atom. The minimum Gasteiger partial charge on any atom is -0.497 e. The molecule has 0 saturated carbocycles. The van der Waals surface area contributed by atoms with E-state index in [0.29, 0.717) is 13.2 Å². The van der Waals surface area contributed by atoms with Crippen molar-refractivity contribution in [2.45, 2.75) is 26.8 Å². The molecule has 26 heavy (non-hydrogen) atoms. The van der Waals surface area contributed by atoms with Gasteiger partial charge in [0.2, 0.25) is 0 Å². The van der Waals surface area contributed by atoms with Gasteiger partial charge in [0.15, 0.2) is 5.96 Å². The van der Waals surface area contributed by atoms with Gasteiger partial charge in [0.05, 0.1) is 13.7 Å². The van der Waals surface area contributed by atoms with E-state index in [1.165, 1.54) is 11.1 Å². The van der Waals surface area contributed by atoms with Crippen LogP contribution in [0.1, 0.15) is 23.6 Å². The molecule has 0 aliphatic heterocycles. The first-order valence-electron chi connectivity index (χ1n) is 8.96. The third kappa shape index (κ3) is 5.99. The Balaban J connectivity index is 1.84. The van der Waals surface area contributed by atoms with Gasteiger partial charge in [-0.1, -0.05) is 24.3 Å². The third-order valence-electron chi connectivity index (χ3n) is 4.06. The van der Waals surface area contributed by atoms with E-state index in [2.05, 4.69) is 52.9 Å². The van der Waals surface area contributed by atoms with Gasteiger partial charge in [-0.05, 0) is 49.6 Å². The number of hydrogen-bond acceptors (Lipinski definition) is 3. The summed E-state index contributed by atoms with van der Waals surface area (Å²) in [5.41, 5.74) is 3.57. The number of rotatable bonds is 8. The number of hydrogen-bond donors (Lipinski definition) is 2. The van der Waals surface area contributed by atoms with Crippen molar-refractivity contribution in [3.05, 3.63) is 59.2 Å². The molecule has 2 rings (SSSR count). The van der Waals surface area contributed by atoms with Crippen LogP contribution in [0.25, 0.3) is 0 Å². The van der Waals surface area contributed by atoms with Crippen molar-refractivity contribution in [3.8, 4) is 11.5 Å². The first-order chi connectivity index (χ1) is 12.7. The maximum atomic E-state index is 5.73. The predicted octanol–water partition coefficient (Wildman–Crippen LogP) is 3.31. The number of guanidine groups is 1. The Morgan fingerprint density at radius 1 is 1.08 bits per heavy atom. The van der Waals surface area contributed by atoms with Gasteiger partial charge < -0.3 is 20.1 Å². The molecular weight excluding hydrogens is 326 g/mol. The van der Waals surface area contributed by atoms with Crippen molar-refractivity contribution in [2.75, 3.05) is 27.3 Å². The summed E-state index contributed by atoms with van der Waals surface area (Å²) in [5.74, 6) is 2.58. The molecule has 2 aromatic carbocycles. The first kappa shape index (κ1) is 19.6. The Kier molecular flexibility index (Phi) is 7.80. The van der Waals surface area contributed by atoms with Crippen LogP contribution in [0.3, 0.4) is 0 Å². The molecule has 0 bridgehead atoms. The van der Waals surface area contributed by atoms with Gasteiger partial charge in [0, 0.05) is 25.7 Å². The lowest BCUT2D eigenvalue weighted by molar-refractivity contribution is 0.336. The topological polar surface area (TPSA) is 54.9 Å². The standard InChI is InChI=1S/C21H29N3O2/c1-5-26-20-14-16(2)6-9-18(20)15-24-21(22-3)23-13-12-17-7-10-19(25-4)11-8-17/h6-11,14H,5,12-13,15H2,1-4H3,(H2,22,23,24). The highest BCUT2D eigenvalue weighted by atomic mass is 16.5. The van der Waals surface area contributed by atoms with Crippen LogP contribution in [0.2, 0.25) is 0 Å². The lowest BCUT2D eigenvalue weighted by atomic mass is 10.1. The third-order valence-corrected chi connectivity index (χ3v) is 4.06. The van der Waals surface area contributed by atoms with E-state index in [1.807, 2.05) is 19.1 Å². The highest BCUT2D eigenvalue weighted by Crippen LogP contribution is 2.20.